The van der Waals surface area contributed by atoms with Gasteiger partial charge in [0.1, 0.15) is 0 Å². The Morgan fingerprint density at radius 2 is 0.531 bits per heavy atom. The molecular weight excluding hydrogens is 416 g/mol. The van der Waals surface area contributed by atoms with Gasteiger partial charge in [0, 0.05) is 108 Å². The van der Waals surface area contributed by atoms with E-state index in [2.05, 4.69) is 0 Å². The molecule has 1 aliphatic rings. The first-order chi connectivity index (χ1) is 14.9. The lowest BCUT2D eigenvalue weighted by Gasteiger charge is -2.41. The number of hydrogen-bond acceptors (Lipinski definition) is 8. The SMILES string of the molecule is CC(=O)N(C)N1CCN(N(C)C(C)=O)CCN(N(C)C(C)=O)CCN(N(C)C(C)=O)CC1. The number of nitrogens with zero attached hydrogens (tertiary/aromatic N) is 8. The molecule has 0 aromatic rings. The second kappa shape index (κ2) is 12.7. The molecule has 12 heteroatoms. The summed E-state index contributed by atoms with van der Waals surface area (Å²) in [4.78, 5) is 48.1. The highest BCUT2D eigenvalue weighted by Crippen LogP contribution is 2.07. The van der Waals surface area contributed by atoms with Crippen LogP contribution in [0.5, 0.6) is 0 Å². The number of hydrazine groups is 4. The van der Waals surface area contributed by atoms with Crippen molar-refractivity contribution < 1.29 is 19.2 Å². The van der Waals surface area contributed by atoms with Gasteiger partial charge >= 0.3 is 0 Å². The summed E-state index contributed by atoms with van der Waals surface area (Å²) in [6.07, 6.45) is 0. The van der Waals surface area contributed by atoms with Crippen LogP contribution in [0.3, 0.4) is 0 Å². The van der Waals surface area contributed by atoms with Crippen LogP contribution in [0.25, 0.3) is 0 Å². The van der Waals surface area contributed by atoms with Crippen LogP contribution in [0.15, 0.2) is 0 Å². The molecule has 0 aromatic carbocycles. The minimum atomic E-state index is -0.0932. The third-order valence-corrected chi connectivity index (χ3v) is 5.98. The first kappa shape index (κ1) is 27.8. The van der Waals surface area contributed by atoms with E-state index in [9.17, 15) is 19.2 Å². The van der Waals surface area contributed by atoms with Crippen LogP contribution in [0.4, 0.5) is 0 Å². The van der Waals surface area contributed by atoms with E-state index in [1.54, 1.807) is 48.2 Å². The van der Waals surface area contributed by atoms with Gasteiger partial charge in [-0.05, 0) is 0 Å². The largest absolute Gasteiger partial charge is 0.279 e. The Balaban J connectivity index is 3.21. The fourth-order valence-electron chi connectivity index (χ4n) is 3.37. The molecule has 1 fully saturated rings. The highest BCUT2D eigenvalue weighted by Gasteiger charge is 2.25. The van der Waals surface area contributed by atoms with Crippen molar-refractivity contribution in [2.45, 2.75) is 27.7 Å². The summed E-state index contributed by atoms with van der Waals surface area (Å²) in [5, 5.41) is 14.0. The lowest BCUT2D eigenvalue weighted by molar-refractivity contribution is -0.159. The molecule has 1 saturated heterocycles. The van der Waals surface area contributed by atoms with Crippen LogP contribution < -0.4 is 0 Å². The molecule has 0 radical (unpaired) electrons. The molecule has 12 nitrogen and oxygen atoms in total. The molecule has 0 unspecified atom stereocenters. The molecule has 32 heavy (non-hydrogen) atoms. The summed E-state index contributed by atoms with van der Waals surface area (Å²) >= 11 is 0. The number of amides is 4. The maximum absolute atomic E-state index is 12.0. The van der Waals surface area contributed by atoms with Crippen molar-refractivity contribution in [3.8, 4) is 0 Å². The van der Waals surface area contributed by atoms with Gasteiger partial charge < -0.3 is 0 Å². The first-order valence-electron chi connectivity index (χ1n) is 10.8. The zero-order valence-electron chi connectivity index (χ0n) is 20.9. The van der Waals surface area contributed by atoms with Crippen LogP contribution in [0.2, 0.25) is 0 Å². The number of carbonyl (C=O) groups excluding carboxylic acids is 4. The van der Waals surface area contributed by atoms with Gasteiger partial charge in [0.25, 0.3) is 0 Å². The lowest BCUT2D eigenvalue weighted by Crippen LogP contribution is -2.57. The minimum Gasteiger partial charge on any atom is -0.279 e. The molecule has 0 spiro atoms. The average Bonchev–Trinajstić information content (AvgIpc) is 2.72. The number of hydrogen-bond donors (Lipinski definition) is 0. The van der Waals surface area contributed by atoms with Crippen molar-refractivity contribution in [3.05, 3.63) is 0 Å². The Bertz CT molecular complexity index is 548. The van der Waals surface area contributed by atoms with Crippen molar-refractivity contribution in [3.63, 3.8) is 0 Å². The Kier molecular flexibility index (Phi) is 11.0. The van der Waals surface area contributed by atoms with Gasteiger partial charge in [-0.1, -0.05) is 0 Å². The second-order valence-electron chi connectivity index (χ2n) is 7.99. The molecule has 1 aliphatic heterocycles. The average molecular weight is 457 g/mol. The summed E-state index contributed by atoms with van der Waals surface area (Å²) < 4.78 is 0. The van der Waals surface area contributed by atoms with Gasteiger partial charge in [-0.3, -0.25) is 39.2 Å². The van der Waals surface area contributed by atoms with E-state index in [-0.39, 0.29) is 23.6 Å². The quantitative estimate of drug-likeness (QED) is 0.520. The Morgan fingerprint density at radius 1 is 0.406 bits per heavy atom. The van der Waals surface area contributed by atoms with Crippen LogP contribution >= 0.6 is 0 Å². The van der Waals surface area contributed by atoms with Crippen molar-refractivity contribution in [1.29, 1.82) is 0 Å². The fraction of sp³-hybridized carbons (Fsp3) is 0.800. The van der Waals surface area contributed by atoms with Crippen LogP contribution in [0, 0.1) is 0 Å². The highest BCUT2D eigenvalue weighted by atomic mass is 16.2. The van der Waals surface area contributed by atoms with E-state index >= 15 is 0 Å². The fourth-order valence-corrected chi connectivity index (χ4v) is 3.37. The highest BCUT2D eigenvalue weighted by molar-refractivity contribution is 5.73. The molecule has 0 N–H and O–H groups in total. The van der Waals surface area contributed by atoms with E-state index in [0.717, 1.165) is 0 Å². The molecule has 4 amide bonds. The molecule has 1 heterocycles. The number of carbonyl (C=O) groups is 4. The van der Waals surface area contributed by atoms with E-state index < -0.39 is 0 Å². The first-order valence-corrected chi connectivity index (χ1v) is 10.8. The Morgan fingerprint density at radius 3 is 0.625 bits per heavy atom. The standard InChI is InChI=1S/C20H40N8O4/c1-17(29)21(5)25-9-11-26(22(6)18(2)30)13-15-28(24(8)20(4)32)16-14-27(12-10-25)23(7)19(3)31/h9-16H2,1-8H3. The minimum absolute atomic E-state index is 0.0932. The molecule has 184 valence electrons. The smallest absolute Gasteiger partial charge is 0.233 e. The van der Waals surface area contributed by atoms with E-state index in [1.165, 1.54) is 27.7 Å². The summed E-state index contributed by atoms with van der Waals surface area (Å²) in [5.74, 6) is -0.373. The van der Waals surface area contributed by atoms with Crippen molar-refractivity contribution >= 4 is 23.6 Å². The van der Waals surface area contributed by atoms with E-state index in [4.69, 9.17) is 0 Å². The summed E-state index contributed by atoms with van der Waals surface area (Å²) in [7, 11) is 6.87. The van der Waals surface area contributed by atoms with E-state index in [0.29, 0.717) is 52.4 Å². The maximum atomic E-state index is 12.0. The molecule has 0 aromatic heterocycles. The second-order valence-corrected chi connectivity index (χ2v) is 7.99. The third-order valence-electron chi connectivity index (χ3n) is 5.98. The predicted molar refractivity (Wildman–Crippen MR) is 120 cm³/mol. The predicted octanol–water partition coefficient (Wildman–Crippen LogP) is -1.22. The Hall–Kier alpha value is -2.28. The van der Waals surface area contributed by atoms with Gasteiger partial charge in [0.15, 0.2) is 0 Å². The van der Waals surface area contributed by atoms with Crippen LogP contribution in [-0.2, 0) is 19.2 Å². The van der Waals surface area contributed by atoms with Crippen molar-refractivity contribution in [2.75, 3.05) is 80.5 Å². The lowest BCUT2D eigenvalue weighted by atomic mass is 10.4. The van der Waals surface area contributed by atoms with Crippen molar-refractivity contribution in [1.82, 2.24) is 40.1 Å². The monoisotopic (exact) mass is 456 g/mol. The maximum Gasteiger partial charge on any atom is 0.233 e. The molecule has 0 saturated carbocycles. The third kappa shape index (κ3) is 8.01. The van der Waals surface area contributed by atoms with Gasteiger partial charge in [0.2, 0.25) is 23.6 Å². The number of rotatable bonds is 4. The molecule has 0 bridgehead atoms. The van der Waals surface area contributed by atoms with Gasteiger partial charge in [0.05, 0.1) is 0 Å². The van der Waals surface area contributed by atoms with Crippen LogP contribution in [-0.4, -0.2) is 144 Å². The zero-order chi connectivity index (χ0) is 24.6. The van der Waals surface area contributed by atoms with E-state index in [1.807, 2.05) is 20.0 Å². The van der Waals surface area contributed by atoms with Gasteiger partial charge in [-0.25, -0.2) is 20.0 Å². The Labute approximate surface area is 191 Å². The zero-order valence-corrected chi connectivity index (χ0v) is 20.9. The van der Waals surface area contributed by atoms with Crippen LogP contribution in [0.1, 0.15) is 27.7 Å². The van der Waals surface area contributed by atoms with Gasteiger partial charge in [-0.15, -0.1) is 0 Å². The van der Waals surface area contributed by atoms with Gasteiger partial charge in [-0.2, -0.15) is 0 Å². The molecule has 0 aliphatic carbocycles. The molecule has 1 rings (SSSR count). The summed E-state index contributed by atoms with van der Waals surface area (Å²) in [5.41, 5.74) is 0. The summed E-state index contributed by atoms with van der Waals surface area (Å²) in [6, 6.07) is 0. The summed E-state index contributed by atoms with van der Waals surface area (Å²) in [6.45, 7) is 10.1. The topological polar surface area (TPSA) is 94.2 Å². The normalized spacial score (nSPS) is 18.2. The molecular formula is C20H40N8O4. The molecule has 0 atom stereocenters. The van der Waals surface area contributed by atoms with Crippen molar-refractivity contribution in [2.24, 2.45) is 0 Å².